The third-order valence-corrected chi connectivity index (χ3v) is 4.71. The van der Waals surface area contributed by atoms with E-state index in [4.69, 9.17) is 0 Å². The summed E-state index contributed by atoms with van der Waals surface area (Å²) in [6.07, 6.45) is 9.41. The van der Waals surface area contributed by atoms with Crippen molar-refractivity contribution in [3.8, 4) is 0 Å². The van der Waals surface area contributed by atoms with Crippen LogP contribution in [0.2, 0.25) is 0 Å². The first-order chi connectivity index (χ1) is 9.20. The van der Waals surface area contributed by atoms with Crippen LogP contribution in [0.5, 0.6) is 0 Å². The number of aromatic nitrogens is 1. The first-order valence-corrected chi connectivity index (χ1v) is 8.47. The van der Waals surface area contributed by atoms with Gasteiger partial charge in [0, 0.05) is 21.2 Å². The summed E-state index contributed by atoms with van der Waals surface area (Å²) in [6.45, 7) is 0.0731. The summed E-state index contributed by atoms with van der Waals surface area (Å²) in [5.41, 5.74) is 0.884. The van der Waals surface area contributed by atoms with E-state index in [-0.39, 0.29) is 12.6 Å². The molecule has 1 aliphatic rings. The average molecular weight is 392 g/mol. The molecule has 5 heteroatoms. The summed E-state index contributed by atoms with van der Waals surface area (Å²) < 4.78 is 1.87. The molecule has 1 aromatic heterocycles. The SMILES string of the molecule is OCC(NC1CCCCCC1)c1ncc(Br)cc1Br. The molecular formula is C14H20Br2N2O. The van der Waals surface area contributed by atoms with Gasteiger partial charge in [0.25, 0.3) is 0 Å². The molecule has 0 aromatic carbocycles. The molecule has 1 aromatic rings. The largest absolute Gasteiger partial charge is 0.394 e. The minimum atomic E-state index is -0.0921. The van der Waals surface area contributed by atoms with E-state index >= 15 is 0 Å². The molecule has 0 spiro atoms. The molecule has 0 saturated heterocycles. The number of nitrogens with one attached hydrogen (secondary N) is 1. The number of halogens is 2. The topological polar surface area (TPSA) is 45.1 Å². The number of nitrogens with zero attached hydrogens (tertiary/aromatic N) is 1. The quantitative estimate of drug-likeness (QED) is 0.763. The second-order valence-electron chi connectivity index (χ2n) is 5.11. The Balaban J connectivity index is 2.06. The van der Waals surface area contributed by atoms with Gasteiger partial charge in [-0.1, -0.05) is 25.7 Å². The Kier molecular flexibility index (Phi) is 6.26. The highest BCUT2D eigenvalue weighted by molar-refractivity contribution is 9.11. The number of pyridine rings is 1. The number of aliphatic hydroxyl groups excluding tert-OH is 1. The number of hydrogen-bond acceptors (Lipinski definition) is 3. The van der Waals surface area contributed by atoms with Gasteiger partial charge in [-0.3, -0.25) is 4.98 Å². The van der Waals surface area contributed by atoms with Crippen molar-refractivity contribution in [1.29, 1.82) is 0 Å². The normalized spacial score (nSPS) is 19.1. The van der Waals surface area contributed by atoms with Crippen molar-refractivity contribution >= 4 is 31.9 Å². The summed E-state index contributed by atoms with van der Waals surface area (Å²) >= 11 is 6.93. The van der Waals surface area contributed by atoms with Crippen molar-refractivity contribution in [3.63, 3.8) is 0 Å². The van der Waals surface area contributed by atoms with E-state index in [0.717, 1.165) is 14.6 Å². The summed E-state index contributed by atoms with van der Waals surface area (Å²) in [4.78, 5) is 4.42. The standard InChI is InChI=1S/C14H20Br2N2O/c15-10-7-12(16)14(17-8-10)13(9-19)18-11-5-3-1-2-4-6-11/h7-8,11,13,18-19H,1-6,9H2. The monoisotopic (exact) mass is 390 g/mol. The molecule has 1 aliphatic carbocycles. The number of hydrogen-bond donors (Lipinski definition) is 2. The van der Waals surface area contributed by atoms with Crippen LogP contribution < -0.4 is 5.32 Å². The van der Waals surface area contributed by atoms with E-state index in [1.54, 1.807) is 6.20 Å². The van der Waals surface area contributed by atoms with Crippen LogP contribution in [-0.4, -0.2) is 22.7 Å². The molecule has 0 radical (unpaired) electrons. The van der Waals surface area contributed by atoms with Crippen molar-refractivity contribution in [3.05, 3.63) is 26.9 Å². The van der Waals surface area contributed by atoms with Crippen molar-refractivity contribution in [2.75, 3.05) is 6.61 Å². The van der Waals surface area contributed by atoms with Gasteiger partial charge in [0.15, 0.2) is 0 Å². The van der Waals surface area contributed by atoms with Gasteiger partial charge in [-0.25, -0.2) is 0 Å². The van der Waals surface area contributed by atoms with E-state index in [9.17, 15) is 5.11 Å². The van der Waals surface area contributed by atoms with Gasteiger partial charge in [-0.2, -0.15) is 0 Å². The summed E-state index contributed by atoms with van der Waals surface area (Å²) in [7, 11) is 0. The van der Waals surface area contributed by atoms with Crippen molar-refractivity contribution in [1.82, 2.24) is 10.3 Å². The first kappa shape index (κ1) is 15.4. The Morgan fingerprint density at radius 3 is 2.53 bits per heavy atom. The van der Waals surface area contributed by atoms with Crippen LogP contribution in [0.15, 0.2) is 21.2 Å². The third-order valence-electron chi connectivity index (χ3n) is 3.64. The van der Waals surface area contributed by atoms with E-state index in [2.05, 4.69) is 42.2 Å². The minimum Gasteiger partial charge on any atom is -0.394 e. The van der Waals surface area contributed by atoms with E-state index in [1.807, 2.05) is 6.07 Å². The highest BCUT2D eigenvalue weighted by atomic mass is 79.9. The van der Waals surface area contributed by atoms with Gasteiger partial charge < -0.3 is 10.4 Å². The minimum absolute atomic E-state index is 0.0731. The van der Waals surface area contributed by atoms with E-state index in [0.29, 0.717) is 6.04 Å². The zero-order valence-corrected chi connectivity index (χ0v) is 14.1. The van der Waals surface area contributed by atoms with Gasteiger partial charge in [-0.15, -0.1) is 0 Å². The van der Waals surface area contributed by atoms with Crippen LogP contribution in [0.25, 0.3) is 0 Å². The second-order valence-corrected chi connectivity index (χ2v) is 6.88. The van der Waals surface area contributed by atoms with Crippen LogP contribution in [0.3, 0.4) is 0 Å². The Morgan fingerprint density at radius 1 is 1.26 bits per heavy atom. The lowest BCUT2D eigenvalue weighted by molar-refractivity contribution is 0.225. The molecule has 0 aliphatic heterocycles. The summed E-state index contributed by atoms with van der Waals surface area (Å²) in [6, 6.07) is 2.38. The molecule has 1 heterocycles. The molecule has 3 nitrogen and oxygen atoms in total. The molecule has 1 fully saturated rings. The Bertz CT molecular complexity index is 406. The highest BCUT2D eigenvalue weighted by Gasteiger charge is 2.20. The predicted octanol–water partition coefficient (Wildman–Crippen LogP) is 3.95. The molecule has 19 heavy (non-hydrogen) atoms. The Labute approximate surface area is 131 Å². The maximum atomic E-state index is 9.64. The van der Waals surface area contributed by atoms with Crippen molar-refractivity contribution < 1.29 is 5.11 Å². The lowest BCUT2D eigenvalue weighted by Crippen LogP contribution is -2.35. The molecule has 1 unspecified atom stereocenters. The van der Waals surface area contributed by atoms with Crippen LogP contribution >= 0.6 is 31.9 Å². The van der Waals surface area contributed by atoms with Gasteiger partial charge in [-0.05, 0) is 50.8 Å². The lowest BCUT2D eigenvalue weighted by Gasteiger charge is -2.24. The van der Waals surface area contributed by atoms with Crippen LogP contribution in [0, 0.1) is 0 Å². The fourth-order valence-electron chi connectivity index (χ4n) is 2.63. The van der Waals surface area contributed by atoms with Gasteiger partial charge in [0.1, 0.15) is 0 Å². The maximum absolute atomic E-state index is 9.64. The first-order valence-electron chi connectivity index (χ1n) is 6.88. The van der Waals surface area contributed by atoms with Crippen molar-refractivity contribution in [2.24, 2.45) is 0 Å². The molecule has 2 N–H and O–H groups in total. The van der Waals surface area contributed by atoms with E-state index < -0.39 is 0 Å². The lowest BCUT2D eigenvalue weighted by atomic mass is 10.1. The van der Waals surface area contributed by atoms with Crippen LogP contribution in [0.4, 0.5) is 0 Å². The van der Waals surface area contributed by atoms with Gasteiger partial charge in [0.2, 0.25) is 0 Å². The van der Waals surface area contributed by atoms with Crippen LogP contribution in [0.1, 0.15) is 50.3 Å². The third kappa shape index (κ3) is 4.52. The molecule has 1 saturated carbocycles. The summed E-state index contributed by atoms with van der Waals surface area (Å²) in [5.74, 6) is 0. The molecule has 0 bridgehead atoms. The smallest absolute Gasteiger partial charge is 0.0743 e. The molecular weight excluding hydrogens is 372 g/mol. The van der Waals surface area contributed by atoms with Crippen LogP contribution in [-0.2, 0) is 0 Å². The Morgan fingerprint density at radius 2 is 1.95 bits per heavy atom. The second kappa shape index (κ2) is 7.72. The fraction of sp³-hybridized carbons (Fsp3) is 0.643. The van der Waals surface area contributed by atoms with Gasteiger partial charge >= 0.3 is 0 Å². The molecule has 0 amide bonds. The molecule has 1 atom stereocenters. The zero-order chi connectivity index (χ0) is 13.7. The van der Waals surface area contributed by atoms with Gasteiger partial charge in [0.05, 0.1) is 18.3 Å². The Hall–Kier alpha value is 0.0300. The average Bonchev–Trinajstić information content (AvgIpc) is 2.65. The maximum Gasteiger partial charge on any atom is 0.0743 e. The zero-order valence-electron chi connectivity index (χ0n) is 10.9. The number of aliphatic hydroxyl groups is 1. The summed E-state index contributed by atoms with van der Waals surface area (Å²) in [5, 5.41) is 13.2. The number of rotatable bonds is 4. The van der Waals surface area contributed by atoms with Crippen molar-refractivity contribution in [2.45, 2.75) is 50.6 Å². The molecule has 106 valence electrons. The predicted molar refractivity (Wildman–Crippen MR) is 84.1 cm³/mol. The van der Waals surface area contributed by atoms with E-state index in [1.165, 1.54) is 38.5 Å². The molecule has 2 rings (SSSR count). The fourth-order valence-corrected chi connectivity index (χ4v) is 3.89. The highest BCUT2D eigenvalue weighted by Crippen LogP contribution is 2.26.